The van der Waals surface area contributed by atoms with E-state index in [0.29, 0.717) is 11.2 Å². The standard InChI is InChI=1S/C21H27N11O10P2S2.C20H26N12O10P2S2/c1-6-9-16(29-20(23)27-6)31(4-25-9)18-11(33)13-7(39-18)2-37-44(36,46)42-14-8(3-38-43(35,45)41-13)40-19(12(14)34)32-5-26-10-15(22)28-21(24)30-17(10)32;21-13-7-15(29-19(23)27-13)31(3-25-7)17-9(33)11-5(39-17)1-37-43(35,45)42-12-6(2-38-44(36,46)41-11)40-18(10(12)34)32-4-26-8-14(22)28-20(24)30-16(8)32/h4-5,7-8,11-14,18-19,33-34H,2-3H2,1H3,(H,35,45)(H,36,46)(H2,23,27,29)(H4,22,24,28,30);3-6,9-12,17-18,33-34H,1-2H2,(H,35,45)(H,36,46)(H4,21,23,27,29)(H4,22,24,28,30)/t7-,8-,11-,12-,13-,14-,18-,19-,43?,44?;5-,6-,9-,10-,11-,12-,17-,18-,43?,44?/m11/s1. The number of thiol groups is 1. The molecule has 4 unspecified atom stereocenters. The molecule has 6 saturated heterocycles. The lowest BCUT2D eigenvalue weighted by Crippen LogP contribution is -2.39. The van der Waals surface area contributed by atoms with Gasteiger partial charge in [-0.1, -0.05) is 12.2 Å². The Morgan fingerprint density at radius 2 is 0.696 bits per heavy atom. The van der Waals surface area contributed by atoms with E-state index in [0.717, 1.165) is 0 Å². The summed E-state index contributed by atoms with van der Waals surface area (Å²) in [5, 5.41) is 45.3. The molecule has 8 aromatic heterocycles. The zero-order chi connectivity index (χ0) is 65.4. The second-order valence-electron chi connectivity index (χ2n) is 20.9. The van der Waals surface area contributed by atoms with Crippen LogP contribution in [0.2, 0.25) is 0 Å². The van der Waals surface area contributed by atoms with Crippen LogP contribution in [0.4, 0.5) is 41.2 Å². The normalized spacial score (nSPS) is 37.1. The first kappa shape index (κ1) is 65.2. The lowest BCUT2D eigenvalue weighted by molar-refractivity contribution is -0.0593. The number of aryl methyl sites for hydroxylation is 1. The minimum absolute atomic E-state index is 0.00170. The monoisotopic (exact) mass is 1440 g/mol. The van der Waals surface area contributed by atoms with Crippen LogP contribution in [0.5, 0.6) is 0 Å². The Kier molecular flexibility index (Phi) is 17.3. The number of rotatable bonds is 4. The van der Waals surface area contributed by atoms with Crippen molar-refractivity contribution in [2.24, 2.45) is 0 Å². The molecular formula is C41H53N23O20P4S4. The van der Waals surface area contributed by atoms with E-state index in [2.05, 4.69) is 72.1 Å². The van der Waals surface area contributed by atoms with Crippen LogP contribution in [0.3, 0.4) is 0 Å². The molecule has 0 aromatic carbocycles. The largest absolute Gasteiger partial charge is 0.386 e. The molecule has 6 fully saturated rings. The molecule has 20 atom stereocenters. The predicted octanol–water partition coefficient (Wildman–Crippen LogP) is -2.93. The van der Waals surface area contributed by atoms with Crippen LogP contribution in [-0.2, 0) is 95.1 Å². The highest BCUT2D eigenvalue weighted by atomic mass is 32.7. The minimum atomic E-state index is -4.29. The predicted molar refractivity (Wildman–Crippen MR) is 326 cm³/mol. The maximum Gasteiger partial charge on any atom is 0.386 e. The molecule has 51 heteroatoms. The van der Waals surface area contributed by atoms with Gasteiger partial charge in [0.1, 0.15) is 95.3 Å². The van der Waals surface area contributed by atoms with Gasteiger partial charge < -0.3 is 108 Å². The maximum absolute atomic E-state index is 13.5. The lowest BCUT2D eigenvalue weighted by atomic mass is 10.1. The maximum atomic E-state index is 13.5. The number of aromatic nitrogens is 16. The molecule has 496 valence electrons. The summed E-state index contributed by atoms with van der Waals surface area (Å²) in [6.45, 7) is -17.2. The number of fused-ring (bicyclic) bond motifs is 8. The molecule has 0 radical (unpaired) electrons. The molecule has 43 nitrogen and oxygen atoms in total. The van der Waals surface area contributed by atoms with Gasteiger partial charge in [0.15, 0.2) is 65.0 Å². The second kappa shape index (κ2) is 24.3. The molecule has 0 amide bonds. The number of nitrogen functional groups attached to an aromatic ring is 7. The van der Waals surface area contributed by atoms with Gasteiger partial charge >= 0.3 is 27.0 Å². The van der Waals surface area contributed by atoms with Crippen LogP contribution in [0, 0.1) is 6.92 Å². The SMILES string of the molecule is Cc1nc(N)nc2c1ncn2[C@@H]1O[C@@H]2COP(O)(=S)O[C@H]3[C@@H](O)[C@H](n4cnc5c(N)nc(N)nc54)O[C@@H]3COP(=O)(S)O[C@H]2[C@H]1O.Nc1nc(N)c2ncn([C@@H]3O[C@@H]4COP(O)(=S)O[C@H]5[C@@H](O)[C@H](n6cnc7c(N)nc(N)nc76)O[C@@H]5COP(O)(=S)O[C@H]4[C@H]3O)c2n1. The van der Waals surface area contributed by atoms with E-state index in [1.807, 2.05) is 0 Å². The molecule has 6 aliphatic rings. The minimum Gasteiger partial charge on any atom is -0.386 e. The molecule has 14 rings (SSSR count). The molecule has 0 aliphatic carbocycles. The number of imidazole rings is 4. The van der Waals surface area contributed by atoms with Crippen molar-refractivity contribution in [1.82, 2.24) is 78.1 Å². The van der Waals surface area contributed by atoms with E-state index >= 15 is 0 Å². The number of nitrogens with zero attached hydrogens (tertiary/aromatic N) is 16. The van der Waals surface area contributed by atoms with Gasteiger partial charge in [0.25, 0.3) is 0 Å². The summed E-state index contributed by atoms with van der Waals surface area (Å²) >= 11 is 19.8. The smallest absolute Gasteiger partial charge is 0.386 e. The van der Waals surface area contributed by atoms with Gasteiger partial charge in [0.05, 0.1) is 57.4 Å². The Morgan fingerprint density at radius 3 is 1.01 bits per heavy atom. The Labute approximate surface area is 533 Å². The van der Waals surface area contributed by atoms with Gasteiger partial charge in [-0.05, 0) is 42.3 Å². The summed E-state index contributed by atoms with van der Waals surface area (Å²) in [4.78, 5) is 82.2. The van der Waals surface area contributed by atoms with Gasteiger partial charge in [-0.15, -0.1) is 0 Å². The molecular weight excluding hydrogens is 1390 g/mol. The first-order valence-electron chi connectivity index (χ1n) is 26.6. The summed E-state index contributed by atoms with van der Waals surface area (Å²) in [5.41, 5.74) is 42.9. The third kappa shape index (κ3) is 12.4. The number of aliphatic hydroxyl groups excluding tert-OH is 4. The number of anilines is 7. The first-order valence-corrected chi connectivity index (χ1v) is 37.1. The van der Waals surface area contributed by atoms with Crippen LogP contribution >= 0.6 is 39.2 Å². The molecule has 92 heavy (non-hydrogen) atoms. The summed E-state index contributed by atoms with van der Waals surface area (Å²) in [6, 6.07) is 0. The van der Waals surface area contributed by atoms with Crippen molar-refractivity contribution in [3.05, 3.63) is 31.0 Å². The van der Waals surface area contributed by atoms with Crippen molar-refractivity contribution < 1.29 is 94.8 Å². The van der Waals surface area contributed by atoms with E-state index in [4.69, 9.17) is 131 Å². The topological polar surface area (TPSA) is 626 Å². The van der Waals surface area contributed by atoms with E-state index in [1.54, 1.807) is 6.92 Å². The number of ether oxygens (including phenoxy) is 4. The lowest BCUT2D eigenvalue weighted by Gasteiger charge is -2.30. The van der Waals surface area contributed by atoms with E-state index < -0.39 is 152 Å². The average molecular weight is 1440 g/mol. The van der Waals surface area contributed by atoms with E-state index in [9.17, 15) is 39.7 Å². The number of hydrogen-bond donors (Lipinski definition) is 15. The molecule has 0 spiro atoms. The van der Waals surface area contributed by atoms with Crippen molar-refractivity contribution >= 4 is 161 Å². The molecule has 8 aromatic rings. The molecule has 6 aliphatic heterocycles. The number of aliphatic hydroxyl groups is 4. The Hall–Kier alpha value is -5.43. The molecule has 21 N–H and O–H groups in total. The van der Waals surface area contributed by atoms with Gasteiger partial charge in [0, 0.05) is 0 Å². The fraction of sp³-hybridized carbons (Fsp3) is 0.512. The van der Waals surface area contributed by atoms with Crippen molar-refractivity contribution in [2.75, 3.05) is 66.6 Å². The highest BCUT2D eigenvalue weighted by Crippen LogP contribution is 2.59. The van der Waals surface area contributed by atoms with Crippen LogP contribution in [-0.4, -0.2) is 213 Å². The van der Waals surface area contributed by atoms with Crippen molar-refractivity contribution in [2.45, 2.75) is 105 Å². The van der Waals surface area contributed by atoms with Gasteiger partial charge in [-0.25, -0.2) is 29.5 Å². The Bertz CT molecular complexity index is 3870. The molecule has 0 saturated carbocycles. The fourth-order valence-corrected chi connectivity index (χ4v) is 16.8. The average Bonchev–Trinajstić information content (AvgIpc) is 1.64. The van der Waals surface area contributed by atoms with E-state index in [-0.39, 0.29) is 80.4 Å². The van der Waals surface area contributed by atoms with Crippen LogP contribution in [0.15, 0.2) is 25.3 Å². The first-order chi connectivity index (χ1) is 43.4. The van der Waals surface area contributed by atoms with Crippen LogP contribution in [0.25, 0.3) is 44.7 Å². The number of hydrogen-bond acceptors (Lipinski definition) is 39. The quantitative estimate of drug-likeness (QED) is 0.0620. The highest BCUT2D eigenvalue weighted by Gasteiger charge is 2.55. The van der Waals surface area contributed by atoms with E-state index in [1.165, 1.54) is 43.6 Å². The van der Waals surface area contributed by atoms with Gasteiger partial charge in [-0.2, -0.15) is 34.9 Å². The molecule has 0 bridgehead atoms. The van der Waals surface area contributed by atoms with Crippen LogP contribution in [0.1, 0.15) is 30.6 Å². The van der Waals surface area contributed by atoms with Crippen molar-refractivity contribution in [1.29, 1.82) is 0 Å². The summed E-state index contributed by atoms with van der Waals surface area (Å²) < 4.78 is 88.1. The summed E-state index contributed by atoms with van der Waals surface area (Å²) in [7, 11) is 0. The van der Waals surface area contributed by atoms with Crippen molar-refractivity contribution in [3.63, 3.8) is 0 Å². The molecule has 14 heterocycles. The zero-order valence-corrected chi connectivity index (χ0v) is 53.4. The fourth-order valence-electron chi connectivity index (χ4n) is 11.0. The Morgan fingerprint density at radius 1 is 0.435 bits per heavy atom. The van der Waals surface area contributed by atoms with Gasteiger partial charge in [0.2, 0.25) is 23.8 Å². The Balaban J connectivity index is 0.000000168. The zero-order valence-electron chi connectivity index (χ0n) is 46.5. The third-order valence-corrected chi connectivity index (χ3v) is 21.3. The number of nitrogens with two attached hydrogens (primary N) is 7. The van der Waals surface area contributed by atoms with Crippen molar-refractivity contribution in [3.8, 4) is 0 Å². The third-order valence-electron chi connectivity index (χ3n) is 15.0. The van der Waals surface area contributed by atoms with Gasteiger partial charge in [-0.3, -0.25) is 40.9 Å². The summed E-state index contributed by atoms with van der Waals surface area (Å²) in [5.74, 6) is -0.488. The highest BCUT2D eigenvalue weighted by molar-refractivity contribution is 8.44. The van der Waals surface area contributed by atoms with Crippen LogP contribution < -0.4 is 40.1 Å². The second-order valence-corrected chi connectivity index (χ2v) is 32.2. The summed E-state index contributed by atoms with van der Waals surface area (Å²) in [6.07, 6.45) is -16.1.